The zero-order chi connectivity index (χ0) is 20.0. The van der Waals surface area contributed by atoms with Gasteiger partial charge in [0, 0.05) is 6.07 Å². The molecule has 2 atom stereocenters. The Morgan fingerprint density at radius 3 is 2.44 bits per heavy atom. The maximum Gasteiger partial charge on any atom is 0.340 e. The van der Waals surface area contributed by atoms with Gasteiger partial charge in [-0.05, 0) is 18.6 Å². The number of carbonyl (C=O) groups is 2. The van der Waals surface area contributed by atoms with Crippen LogP contribution in [0.1, 0.15) is 18.6 Å². The highest BCUT2D eigenvalue weighted by atomic mass is 16.6. The van der Waals surface area contributed by atoms with Crippen LogP contribution in [0.2, 0.25) is 0 Å². The minimum atomic E-state index is -1.52. The van der Waals surface area contributed by atoms with Crippen molar-refractivity contribution in [1.29, 1.82) is 0 Å². The number of aliphatic hydroxyl groups is 1. The van der Waals surface area contributed by atoms with Gasteiger partial charge in [0.15, 0.2) is 12.2 Å². The minimum Gasteiger partial charge on any atom is -0.494 e. The molecule has 142 valence electrons. The molecule has 0 bridgehead atoms. The quantitative estimate of drug-likeness (QED) is 0.432. The first-order chi connectivity index (χ1) is 12.8. The molecule has 0 saturated carbocycles. The van der Waals surface area contributed by atoms with Gasteiger partial charge in [-0.15, -0.1) is 0 Å². The Balaban J connectivity index is 2.03. The van der Waals surface area contributed by atoms with E-state index in [4.69, 9.17) is 9.47 Å². The van der Waals surface area contributed by atoms with E-state index < -0.39 is 29.0 Å². The van der Waals surface area contributed by atoms with Gasteiger partial charge >= 0.3 is 5.97 Å². The maximum absolute atomic E-state index is 12.2. The molecule has 0 heterocycles. The molecule has 0 aliphatic rings. The number of non-ortho nitro benzene ring substituents is 1. The van der Waals surface area contributed by atoms with Gasteiger partial charge in [0.1, 0.15) is 5.75 Å². The van der Waals surface area contributed by atoms with Gasteiger partial charge in [0.25, 0.3) is 11.6 Å². The first kappa shape index (κ1) is 19.9. The van der Waals surface area contributed by atoms with Crippen molar-refractivity contribution in [1.82, 2.24) is 0 Å². The van der Waals surface area contributed by atoms with E-state index >= 15 is 0 Å². The summed E-state index contributed by atoms with van der Waals surface area (Å²) in [5, 5.41) is 23.2. The number of aliphatic hydroxyl groups excluding tert-OH is 1. The Hall–Kier alpha value is -3.46. The van der Waals surface area contributed by atoms with Crippen LogP contribution in [0.4, 0.5) is 11.4 Å². The predicted molar refractivity (Wildman–Crippen MR) is 95.2 cm³/mol. The molecule has 2 aromatic rings. The summed E-state index contributed by atoms with van der Waals surface area (Å²) in [6.45, 7) is 1.34. The van der Waals surface area contributed by atoms with E-state index in [1.54, 1.807) is 30.3 Å². The zero-order valence-corrected chi connectivity index (χ0v) is 14.6. The Bertz CT molecular complexity index is 839. The van der Waals surface area contributed by atoms with E-state index in [9.17, 15) is 24.8 Å². The second-order valence-corrected chi connectivity index (χ2v) is 5.52. The third-order valence-electron chi connectivity index (χ3n) is 3.65. The van der Waals surface area contributed by atoms with Crippen LogP contribution in [0, 0.1) is 10.1 Å². The van der Waals surface area contributed by atoms with Crippen LogP contribution < -0.4 is 10.1 Å². The van der Waals surface area contributed by atoms with E-state index in [0.29, 0.717) is 5.56 Å². The standard InChI is InChI=1S/C18H18N2O7/c1-11(27-18(23)16(21)12-6-4-3-5-7-12)17(22)19-14-9-8-13(20(24)25)10-15(14)26-2/h3-11,16,21H,1-2H3,(H,19,22)/t11-,16-/m1/s1. The molecule has 27 heavy (non-hydrogen) atoms. The van der Waals surface area contributed by atoms with Crippen LogP contribution in [-0.4, -0.2) is 35.1 Å². The molecule has 0 aliphatic carbocycles. The number of carbonyl (C=O) groups excluding carboxylic acids is 2. The largest absolute Gasteiger partial charge is 0.494 e. The number of nitrogens with one attached hydrogen (secondary N) is 1. The molecular formula is C18H18N2O7. The van der Waals surface area contributed by atoms with E-state index in [2.05, 4.69) is 5.32 Å². The van der Waals surface area contributed by atoms with Crippen LogP contribution >= 0.6 is 0 Å². The van der Waals surface area contributed by atoms with Crippen molar-refractivity contribution in [3.63, 3.8) is 0 Å². The van der Waals surface area contributed by atoms with Crippen molar-refractivity contribution in [2.24, 2.45) is 0 Å². The summed E-state index contributed by atoms with van der Waals surface area (Å²) in [4.78, 5) is 34.4. The lowest BCUT2D eigenvalue weighted by molar-refractivity contribution is -0.384. The lowest BCUT2D eigenvalue weighted by Crippen LogP contribution is -2.32. The van der Waals surface area contributed by atoms with Crippen molar-refractivity contribution in [3.05, 3.63) is 64.2 Å². The lowest BCUT2D eigenvalue weighted by atomic mass is 10.1. The molecule has 0 spiro atoms. The summed E-state index contributed by atoms with van der Waals surface area (Å²) < 4.78 is 10.0. The molecule has 2 N–H and O–H groups in total. The molecule has 2 rings (SSSR count). The van der Waals surface area contributed by atoms with Crippen LogP contribution in [0.3, 0.4) is 0 Å². The number of nitro groups is 1. The summed E-state index contributed by atoms with van der Waals surface area (Å²) in [6.07, 6.45) is -2.73. The SMILES string of the molecule is COc1cc([N+](=O)[O-])ccc1NC(=O)[C@@H](C)OC(=O)[C@H](O)c1ccccc1. The van der Waals surface area contributed by atoms with Crippen LogP contribution in [0.15, 0.2) is 48.5 Å². The zero-order valence-electron chi connectivity index (χ0n) is 14.6. The number of nitro benzene ring substituents is 1. The number of rotatable bonds is 7. The Morgan fingerprint density at radius 2 is 1.85 bits per heavy atom. The molecule has 9 heteroatoms. The van der Waals surface area contributed by atoms with Gasteiger partial charge in [-0.25, -0.2) is 4.79 Å². The van der Waals surface area contributed by atoms with Crippen LogP contribution in [0.5, 0.6) is 5.75 Å². The molecule has 0 unspecified atom stereocenters. The van der Waals surface area contributed by atoms with Crippen molar-refractivity contribution < 1.29 is 29.1 Å². The van der Waals surface area contributed by atoms with Gasteiger partial charge < -0.3 is 19.9 Å². The molecule has 9 nitrogen and oxygen atoms in total. The number of hydrogen-bond acceptors (Lipinski definition) is 7. The molecule has 0 fully saturated rings. The Kier molecular flexibility index (Phi) is 6.45. The van der Waals surface area contributed by atoms with Gasteiger partial charge in [-0.1, -0.05) is 30.3 Å². The number of benzene rings is 2. The molecule has 2 aromatic carbocycles. The van der Waals surface area contributed by atoms with E-state index in [1.165, 1.54) is 26.2 Å². The summed E-state index contributed by atoms with van der Waals surface area (Å²) in [6, 6.07) is 11.8. The number of methoxy groups -OCH3 is 1. The third kappa shape index (κ3) is 5.02. The summed E-state index contributed by atoms with van der Waals surface area (Å²) in [5.74, 6) is -1.57. The fourth-order valence-electron chi connectivity index (χ4n) is 2.19. The average molecular weight is 374 g/mol. The van der Waals surface area contributed by atoms with E-state index in [-0.39, 0.29) is 17.1 Å². The maximum atomic E-state index is 12.2. The van der Waals surface area contributed by atoms with Crippen LogP contribution in [-0.2, 0) is 14.3 Å². The van der Waals surface area contributed by atoms with Crippen molar-refractivity contribution in [3.8, 4) is 5.75 Å². The topological polar surface area (TPSA) is 128 Å². The van der Waals surface area contributed by atoms with E-state index in [1.807, 2.05) is 0 Å². The van der Waals surface area contributed by atoms with Gasteiger partial charge in [-0.2, -0.15) is 0 Å². The molecule has 0 aliphatic heterocycles. The number of ether oxygens (including phenoxy) is 2. The summed E-state index contributed by atoms with van der Waals surface area (Å²) in [5.41, 5.74) is 0.321. The fourth-order valence-corrected chi connectivity index (χ4v) is 2.19. The van der Waals surface area contributed by atoms with Crippen molar-refractivity contribution in [2.75, 3.05) is 12.4 Å². The van der Waals surface area contributed by atoms with Crippen LogP contribution in [0.25, 0.3) is 0 Å². The highest BCUT2D eigenvalue weighted by Crippen LogP contribution is 2.29. The fraction of sp³-hybridized carbons (Fsp3) is 0.222. The first-order valence-corrected chi connectivity index (χ1v) is 7.90. The molecule has 0 saturated heterocycles. The summed E-state index contributed by atoms with van der Waals surface area (Å²) >= 11 is 0. The Morgan fingerprint density at radius 1 is 1.19 bits per heavy atom. The number of hydrogen-bond donors (Lipinski definition) is 2. The minimum absolute atomic E-state index is 0.0837. The normalized spacial score (nSPS) is 12.6. The molecule has 0 aromatic heterocycles. The second kappa shape index (κ2) is 8.77. The summed E-state index contributed by atoms with van der Waals surface area (Å²) in [7, 11) is 1.30. The molecular weight excluding hydrogens is 356 g/mol. The van der Waals surface area contributed by atoms with Crippen molar-refractivity contribution in [2.45, 2.75) is 19.1 Å². The third-order valence-corrected chi connectivity index (χ3v) is 3.65. The molecule has 1 amide bonds. The van der Waals surface area contributed by atoms with E-state index in [0.717, 1.165) is 6.07 Å². The first-order valence-electron chi connectivity index (χ1n) is 7.90. The Labute approximate surface area is 154 Å². The molecule has 0 radical (unpaired) electrons. The van der Waals surface area contributed by atoms with Gasteiger partial charge in [0.2, 0.25) is 0 Å². The van der Waals surface area contributed by atoms with Crippen molar-refractivity contribution >= 4 is 23.3 Å². The lowest BCUT2D eigenvalue weighted by Gasteiger charge is -2.17. The number of amides is 1. The number of anilines is 1. The second-order valence-electron chi connectivity index (χ2n) is 5.52. The van der Waals surface area contributed by atoms with Gasteiger partial charge in [-0.3, -0.25) is 14.9 Å². The highest BCUT2D eigenvalue weighted by Gasteiger charge is 2.25. The smallest absolute Gasteiger partial charge is 0.340 e. The predicted octanol–water partition coefficient (Wildman–Crippen LogP) is 2.21. The average Bonchev–Trinajstić information content (AvgIpc) is 2.67. The van der Waals surface area contributed by atoms with Gasteiger partial charge in [0.05, 0.1) is 23.8 Å². The number of esters is 1. The number of nitrogens with zero attached hydrogens (tertiary/aromatic N) is 1. The monoisotopic (exact) mass is 374 g/mol. The highest BCUT2D eigenvalue weighted by molar-refractivity contribution is 5.96.